The van der Waals surface area contributed by atoms with E-state index >= 15 is 0 Å². The van der Waals surface area contributed by atoms with Crippen LogP contribution in [0.5, 0.6) is 0 Å². The van der Waals surface area contributed by atoms with Crippen LogP contribution >= 0.6 is 0 Å². The smallest absolute Gasteiger partial charge is 0.258 e. The summed E-state index contributed by atoms with van der Waals surface area (Å²) in [6, 6.07) is 7.66. The topological polar surface area (TPSA) is 37.4 Å². The maximum absolute atomic E-state index is 11.6. The van der Waals surface area contributed by atoms with Crippen LogP contribution in [0.2, 0.25) is 0 Å². The SMILES string of the molecule is O=C1C=CC(=O)N1c1ccccc1C1CC1. The van der Waals surface area contributed by atoms with Crippen molar-refractivity contribution in [1.29, 1.82) is 0 Å². The largest absolute Gasteiger partial charge is 0.269 e. The maximum atomic E-state index is 11.6. The first-order valence-corrected chi connectivity index (χ1v) is 5.42. The maximum Gasteiger partial charge on any atom is 0.258 e. The van der Waals surface area contributed by atoms with E-state index in [4.69, 9.17) is 0 Å². The number of imide groups is 1. The molecule has 1 aliphatic heterocycles. The van der Waals surface area contributed by atoms with Crippen LogP contribution in [-0.4, -0.2) is 11.8 Å². The number of carbonyl (C=O) groups excluding carboxylic acids is 2. The van der Waals surface area contributed by atoms with E-state index in [1.165, 1.54) is 17.1 Å². The lowest BCUT2D eigenvalue weighted by Crippen LogP contribution is -2.30. The third-order valence-corrected chi connectivity index (χ3v) is 3.00. The lowest BCUT2D eigenvalue weighted by atomic mass is 10.1. The first kappa shape index (κ1) is 9.33. The molecule has 1 heterocycles. The van der Waals surface area contributed by atoms with Gasteiger partial charge < -0.3 is 0 Å². The lowest BCUT2D eigenvalue weighted by molar-refractivity contribution is -0.119. The average molecular weight is 213 g/mol. The van der Waals surface area contributed by atoms with Gasteiger partial charge in [-0.05, 0) is 30.4 Å². The second kappa shape index (κ2) is 3.30. The molecule has 1 aromatic rings. The van der Waals surface area contributed by atoms with Crippen LogP contribution in [0.25, 0.3) is 0 Å². The highest BCUT2D eigenvalue weighted by atomic mass is 16.2. The van der Waals surface area contributed by atoms with Crippen molar-refractivity contribution in [3.63, 3.8) is 0 Å². The van der Waals surface area contributed by atoms with Crippen molar-refractivity contribution in [1.82, 2.24) is 0 Å². The molecular formula is C13H11NO2. The number of para-hydroxylation sites is 1. The first-order valence-electron chi connectivity index (χ1n) is 5.42. The fraction of sp³-hybridized carbons (Fsp3) is 0.231. The van der Waals surface area contributed by atoms with Crippen LogP contribution in [-0.2, 0) is 9.59 Å². The van der Waals surface area contributed by atoms with E-state index in [1.54, 1.807) is 0 Å². The minimum atomic E-state index is -0.238. The van der Waals surface area contributed by atoms with Gasteiger partial charge in [0.2, 0.25) is 0 Å². The summed E-state index contributed by atoms with van der Waals surface area (Å²) in [5.41, 5.74) is 1.87. The van der Waals surface area contributed by atoms with Crippen LogP contribution in [0, 0.1) is 0 Å². The van der Waals surface area contributed by atoms with Crippen molar-refractivity contribution < 1.29 is 9.59 Å². The molecule has 0 radical (unpaired) electrons. The standard InChI is InChI=1S/C13H11NO2/c15-12-7-8-13(16)14(12)11-4-2-1-3-10(11)9-5-6-9/h1-4,7-9H,5-6H2. The summed E-state index contributed by atoms with van der Waals surface area (Å²) in [6.07, 6.45) is 4.96. The number of hydrogen-bond donors (Lipinski definition) is 0. The number of nitrogens with zero attached hydrogens (tertiary/aromatic N) is 1. The van der Waals surface area contributed by atoms with Gasteiger partial charge in [0, 0.05) is 12.2 Å². The summed E-state index contributed by atoms with van der Waals surface area (Å²) in [7, 11) is 0. The predicted octanol–water partition coefficient (Wildman–Crippen LogP) is 1.99. The Balaban J connectivity index is 2.06. The molecule has 0 saturated heterocycles. The van der Waals surface area contributed by atoms with Crippen LogP contribution < -0.4 is 4.90 Å². The summed E-state index contributed by atoms with van der Waals surface area (Å²) in [4.78, 5) is 24.5. The number of hydrogen-bond acceptors (Lipinski definition) is 2. The number of anilines is 1. The molecule has 3 nitrogen and oxygen atoms in total. The molecule has 3 rings (SSSR count). The zero-order chi connectivity index (χ0) is 11.1. The van der Waals surface area contributed by atoms with Gasteiger partial charge in [0.1, 0.15) is 0 Å². The molecule has 0 atom stereocenters. The van der Waals surface area contributed by atoms with E-state index in [0.717, 1.165) is 24.1 Å². The molecule has 1 saturated carbocycles. The Kier molecular flexibility index (Phi) is 1.93. The van der Waals surface area contributed by atoms with Gasteiger partial charge in [-0.15, -0.1) is 0 Å². The summed E-state index contributed by atoms with van der Waals surface area (Å²) >= 11 is 0. The van der Waals surface area contributed by atoms with Gasteiger partial charge in [-0.2, -0.15) is 0 Å². The van der Waals surface area contributed by atoms with E-state index in [0.29, 0.717) is 5.92 Å². The molecule has 2 aliphatic rings. The molecule has 1 aliphatic carbocycles. The number of rotatable bonds is 2. The fourth-order valence-electron chi connectivity index (χ4n) is 2.07. The lowest BCUT2D eigenvalue weighted by Gasteiger charge is -2.17. The molecule has 0 unspecified atom stereocenters. The predicted molar refractivity (Wildman–Crippen MR) is 60.1 cm³/mol. The monoisotopic (exact) mass is 213 g/mol. The Morgan fingerprint density at radius 2 is 1.62 bits per heavy atom. The molecule has 0 aromatic heterocycles. The van der Waals surface area contributed by atoms with Crippen molar-refractivity contribution in [2.75, 3.05) is 4.90 Å². The van der Waals surface area contributed by atoms with Gasteiger partial charge in [0.05, 0.1) is 5.69 Å². The quantitative estimate of drug-likeness (QED) is 0.704. The van der Waals surface area contributed by atoms with Gasteiger partial charge >= 0.3 is 0 Å². The van der Waals surface area contributed by atoms with E-state index in [2.05, 4.69) is 0 Å². The minimum Gasteiger partial charge on any atom is -0.269 e. The third-order valence-electron chi connectivity index (χ3n) is 3.00. The first-order chi connectivity index (χ1) is 7.77. The highest BCUT2D eigenvalue weighted by Gasteiger charge is 2.32. The van der Waals surface area contributed by atoms with Gasteiger partial charge in [-0.1, -0.05) is 18.2 Å². The Morgan fingerprint density at radius 3 is 2.25 bits per heavy atom. The Labute approximate surface area is 93.4 Å². The van der Waals surface area contributed by atoms with E-state index in [1.807, 2.05) is 24.3 Å². The zero-order valence-electron chi connectivity index (χ0n) is 8.72. The molecule has 16 heavy (non-hydrogen) atoms. The molecule has 2 amide bonds. The molecule has 0 bridgehead atoms. The number of carbonyl (C=O) groups is 2. The molecule has 3 heteroatoms. The molecule has 80 valence electrons. The van der Waals surface area contributed by atoms with Crippen LogP contribution in [0.3, 0.4) is 0 Å². The molecule has 0 N–H and O–H groups in total. The van der Waals surface area contributed by atoms with Gasteiger partial charge in [-0.25, -0.2) is 4.90 Å². The van der Waals surface area contributed by atoms with Gasteiger partial charge in [-0.3, -0.25) is 9.59 Å². The van der Waals surface area contributed by atoms with Gasteiger partial charge in [0.25, 0.3) is 11.8 Å². The summed E-state index contributed by atoms with van der Waals surface area (Å²) < 4.78 is 0. The zero-order valence-corrected chi connectivity index (χ0v) is 8.72. The highest BCUT2D eigenvalue weighted by molar-refractivity contribution is 6.28. The summed E-state index contributed by atoms with van der Waals surface area (Å²) in [5, 5.41) is 0. The number of benzene rings is 1. The molecule has 1 aromatic carbocycles. The summed E-state index contributed by atoms with van der Waals surface area (Å²) in [5.74, 6) is 0.0496. The fourth-order valence-corrected chi connectivity index (χ4v) is 2.07. The van der Waals surface area contributed by atoms with E-state index in [9.17, 15) is 9.59 Å². The van der Waals surface area contributed by atoms with Crippen molar-refractivity contribution in [3.05, 3.63) is 42.0 Å². The summed E-state index contributed by atoms with van der Waals surface area (Å²) in [6.45, 7) is 0. The molecule has 0 spiro atoms. The second-order valence-electron chi connectivity index (χ2n) is 4.18. The van der Waals surface area contributed by atoms with Crippen LogP contribution in [0.1, 0.15) is 24.3 Å². The average Bonchev–Trinajstić information content (AvgIpc) is 3.07. The van der Waals surface area contributed by atoms with Crippen molar-refractivity contribution in [2.24, 2.45) is 0 Å². The normalized spacial score (nSPS) is 19.6. The third kappa shape index (κ3) is 1.36. The van der Waals surface area contributed by atoms with Crippen LogP contribution in [0.15, 0.2) is 36.4 Å². The highest BCUT2D eigenvalue weighted by Crippen LogP contribution is 2.44. The Bertz CT molecular complexity index is 482. The van der Waals surface area contributed by atoms with Crippen molar-refractivity contribution in [2.45, 2.75) is 18.8 Å². The Morgan fingerprint density at radius 1 is 1.00 bits per heavy atom. The minimum absolute atomic E-state index is 0.238. The van der Waals surface area contributed by atoms with Crippen molar-refractivity contribution >= 4 is 17.5 Å². The number of amides is 2. The second-order valence-corrected chi connectivity index (χ2v) is 4.18. The van der Waals surface area contributed by atoms with Gasteiger partial charge in [0.15, 0.2) is 0 Å². The molecule has 1 fully saturated rings. The van der Waals surface area contributed by atoms with Crippen molar-refractivity contribution in [3.8, 4) is 0 Å². The van der Waals surface area contributed by atoms with E-state index in [-0.39, 0.29) is 11.8 Å². The molecular weight excluding hydrogens is 202 g/mol. The van der Waals surface area contributed by atoms with Crippen LogP contribution in [0.4, 0.5) is 5.69 Å². The van der Waals surface area contributed by atoms with E-state index < -0.39 is 0 Å². The Hall–Kier alpha value is -1.90.